The van der Waals surface area contributed by atoms with E-state index in [4.69, 9.17) is 0 Å². The van der Waals surface area contributed by atoms with E-state index in [9.17, 15) is 9.18 Å². The summed E-state index contributed by atoms with van der Waals surface area (Å²) in [6.45, 7) is 6.34. The Balaban J connectivity index is 1.54. The molecular formula is C27H27FN4OS. The number of nitrogens with one attached hydrogen (secondary N) is 1. The molecule has 0 unspecified atom stereocenters. The molecule has 1 N–H and O–H groups in total. The zero-order valence-corrected chi connectivity index (χ0v) is 20.3. The van der Waals surface area contributed by atoms with Gasteiger partial charge in [0.05, 0.1) is 11.3 Å². The summed E-state index contributed by atoms with van der Waals surface area (Å²) in [6.07, 6.45) is 1.07. The third-order valence-electron chi connectivity index (χ3n) is 5.75. The Kier molecular flexibility index (Phi) is 7.43. The SMILES string of the molecule is CC[C@@H](C)c1ccc(NC(=O)CSc2nnc(-c3ccccc3F)n2-c2ccc(C)cc2)cc1. The van der Waals surface area contributed by atoms with Crippen molar-refractivity contribution in [1.29, 1.82) is 0 Å². The molecule has 1 atom stereocenters. The molecule has 5 nitrogen and oxygen atoms in total. The van der Waals surface area contributed by atoms with Crippen molar-refractivity contribution in [3.05, 3.63) is 89.7 Å². The molecule has 0 saturated carbocycles. The third kappa shape index (κ3) is 5.37. The average molecular weight is 475 g/mol. The van der Waals surface area contributed by atoms with E-state index < -0.39 is 0 Å². The number of carbonyl (C=O) groups excluding carboxylic acids is 1. The minimum atomic E-state index is -0.376. The lowest BCUT2D eigenvalue weighted by atomic mass is 9.99. The zero-order valence-electron chi connectivity index (χ0n) is 19.5. The lowest BCUT2D eigenvalue weighted by Gasteiger charge is -2.12. The number of rotatable bonds is 8. The van der Waals surface area contributed by atoms with E-state index in [2.05, 4.69) is 29.4 Å². The molecule has 1 heterocycles. The maximum absolute atomic E-state index is 14.5. The highest BCUT2D eigenvalue weighted by Crippen LogP contribution is 2.29. The van der Waals surface area contributed by atoms with Gasteiger partial charge in [0.15, 0.2) is 11.0 Å². The molecule has 7 heteroatoms. The number of hydrogen-bond donors (Lipinski definition) is 1. The number of nitrogens with zero attached hydrogens (tertiary/aromatic N) is 3. The topological polar surface area (TPSA) is 59.8 Å². The fraction of sp³-hybridized carbons (Fsp3) is 0.222. The summed E-state index contributed by atoms with van der Waals surface area (Å²) in [7, 11) is 0. The van der Waals surface area contributed by atoms with Crippen LogP contribution in [0.2, 0.25) is 0 Å². The van der Waals surface area contributed by atoms with Crippen LogP contribution in [0.4, 0.5) is 10.1 Å². The first kappa shape index (κ1) is 23.7. The summed E-state index contributed by atoms with van der Waals surface area (Å²) >= 11 is 1.26. The molecule has 3 aromatic carbocycles. The van der Waals surface area contributed by atoms with Gasteiger partial charge in [-0.1, -0.05) is 67.6 Å². The molecule has 4 aromatic rings. The van der Waals surface area contributed by atoms with Crippen LogP contribution in [-0.2, 0) is 4.79 Å². The Bertz CT molecular complexity index is 1270. The summed E-state index contributed by atoms with van der Waals surface area (Å²) in [4.78, 5) is 12.6. The number of anilines is 1. The quantitative estimate of drug-likeness (QED) is 0.291. The van der Waals surface area contributed by atoms with E-state index in [0.717, 1.165) is 23.4 Å². The first-order chi connectivity index (χ1) is 16.5. The number of carbonyl (C=O) groups is 1. The molecule has 0 radical (unpaired) electrons. The van der Waals surface area contributed by atoms with Crippen molar-refractivity contribution in [2.45, 2.75) is 38.3 Å². The number of aryl methyl sites for hydroxylation is 1. The van der Waals surface area contributed by atoms with E-state index in [1.165, 1.54) is 23.4 Å². The van der Waals surface area contributed by atoms with Crippen LogP contribution in [0.25, 0.3) is 17.1 Å². The Morgan fingerprint density at radius 1 is 1.03 bits per heavy atom. The minimum absolute atomic E-state index is 0.146. The Hall–Kier alpha value is -3.45. The average Bonchev–Trinajstić information content (AvgIpc) is 3.27. The first-order valence-corrected chi connectivity index (χ1v) is 12.2. The molecular weight excluding hydrogens is 447 g/mol. The van der Waals surface area contributed by atoms with Crippen LogP contribution in [0.5, 0.6) is 0 Å². The van der Waals surface area contributed by atoms with Crippen molar-refractivity contribution < 1.29 is 9.18 Å². The highest BCUT2D eigenvalue weighted by atomic mass is 32.2. The van der Waals surface area contributed by atoms with Gasteiger partial charge in [-0.15, -0.1) is 10.2 Å². The molecule has 174 valence electrons. The van der Waals surface area contributed by atoms with Crippen molar-refractivity contribution in [2.75, 3.05) is 11.1 Å². The van der Waals surface area contributed by atoms with E-state index in [0.29, 0.717) is 22.5 Å². The fourth-order valence-corrected chi connectivity index (χ4v) is 4.32. The predicted molar refractivity (Wildman–Crippen MR) is 136 cm³/mol. The van der Waals surface area contributed by atoms with Gasteiger partial charge in [0, 0.05) is 11.4 Å². The highest BCUT2D eigenvalue weighted by Gasteiger charge is 2.19. The van der Waals surface area contributed by atoms with Crippen LogP contribution in [0.15, 0.2) is 78.0 Å². The van der Waals surface area contributed by atoms with Gasteiger partial charge in [0.1, 0.15) is 5.82 Å². The standard InChI is InChI=1S/C27H27FN4OS/c1-4-19(3)20-11-13-21(14-12-20)29-25(33)17-34-27-31-30-26(23-7-5-6-8-24(23)28)32(27)22-15-9-18(2)10-16-22/h5-16,19H,4,17H2,1-3H3,(H,29,33)/t19-/m1/s1. The highest BCUT2D eigenvalue weighted by molar-refractivity contribution is 7.99. The van der Waals surface area contributed by atoms with E-state index in [-0.39, 0.29) is 17.5 Å². The second-order valence-electron chi connectivity index (χ2n) is 8.23. The molecule has 0 aliphatic carbocycles. The van der Waals surface area contributed by atoms with E-state index in [1.807, 2.05) is 55.5 Å². The molecule has 1 amide bonds. The van der Waals surface area contributed by atoms with Crippen LogP contribution < -0.4 is 5.32 Å². The van der Waals surface area contributed by atoms with Gasteiger partial charge < -0.3 is 5.32 Å². The van der Waals surface area contributed by atoms with Crippen molar-refractivity contribution >= 4 is 23.4 Å². The van der Waals surface area contributed by atoms with Gasteiger partial charge in [0.2, 0.25) is 5.91 Å². The lowest BCUT2D eigenvalue weighted by molar-refractivity contribution is -0.113. The number of aromatic nitrogens is 3. The molecule has 0 aliphatic rings. The molecule has 0 spiro atoms. The van der Waals surface area contributed by atoms with Crippen molar-refractivity contribution in [3.8, 4) is 17.1 Å². The van der Waals surface area contributed by atoms with Crippen molar-refractivity contribution in [2.24, 2.45) is 0 Å². The summed E-state index contributed by atoms with van der Waals surface area (Å²) < 4.78 is 16.3. The van der Waals surface area contributed by atoms with Gasteiger partial charge in [-0.2, -0.15) is 0 Å². The van der Waals surface area contributed by atoms with Crippen LogP contribution in [0.1, 0.15) is 37.3 Å². The summed E-state index contributed by atoms with van der Waals surface area (Å²) in [5.74, 6) is 0.502. The number of amides is 1. The van der Waals surface area contributed by atoms with Gasteiger partial charge in [-0.05, 0) is 61.2 Å². The molecule has 0 fully saturated rings. The molecule has 4 rings (SSSR count). The van der Waals surface area contributed by atoms with Gasteiger partial charge >= 0.3 is 0 Å². The van der Waals surface area contributed by atoms with Gasteiger partial charge in [0.25, 0.3) is 0 Å². The largest absolute Gasteiger partial charge is 0.325 e. The van der Waals surface area contributed by atoms with Gasteiger partial charge in [-0.25, -0.2) is 4.39 Å². The number of halogens is 1. The minimum Gasteiger partial charge on any atom is -0.325 e. The summed E-state index contributed by atoms with van der Waals surface area (Å²) in [5.41, 5.74) is 4.27. The maximum Gasteiger partial charge on any atom is 0.234 e. The second-order valence-corrected chi connectivity index (χ2v) is 9.17. The maximum atomic E-state index is 14.5. The number of thioether (sulfide) groups is 1. The number of benzene rings is 3. The van der Waals surface area contributed by atoms with E-state index >= 15 is 0 Å². The van der Waals surface area contributed by atoms with Crippen LogP contribution >= 0.6 is 11.8 Å². The molecule has 0 aliphatic heterocycles. The molecule has 1 aromatic heterocycles. The molecule has 0 bridgehead atoms. The summed E-state index contributed by atoms with van der Waals surface area (Å²) in [6, 6.07) is 22.2. The Morgan fingerprint density at radius 2 is 1.74 bits per heavy atom. The second kappa shape index (κ2) is 10.7. The normalized spacial score (nSPS) is 11.9. The Labute approximate surface area is 203 Å². The third-order valence-corrected chi connectivity index (χ3v) is 6.68. The molecule has 0 saturated heterocycles. The first-order valence-electron chi connectivity index (χ1n) is 11.3. The van der Waals surface area contributed by atoms with Crippen molar-refractivity contribution in [1.82, 2.24) is 14.8 Å². The van der Waals surface area contributed by atoms with Gasteiger partial charge in [-0.3, -0.25) is 9.36 Å². The van der Waals surface area contributed by atoms with Crippen molar-refractivity contribution in [3.63, 3.8) is 0 Å². The zero-order chi connectivity index (χ0) is 24.1. The fourth-order valence-electron chi connectivity index (χ4n) is 3.56. The monoisotopic (exact) mass is 474 g/mol. The lowest BCUT2D eigenvalue weighted by Crippen LogP contribution is -2.14. The van der Waals surface area contributed by atoms with Crippen LogP contribution in [-0.4, -0.2) is 26.4 Å². The van der Waals surface area contributed by atoms with E-state index in [1.54, 1.807) is 22.8 Å². The smallest absolute Gasteiger partial charge is 0.234 e. The van der Waals surface area contributed by atoms with Crippen LogP contribution in [0, 0.1) is 12.7 Å². The van der Waals surface area contributed by atoms with Crippen LogP contribution in [0.3, 0.4) is 0 Å². The number of hydrogen-bond acceptors (Lipinski definition) is 4. The Morgan fingerprint density at radius 3 is 2.41 bits per heavy atom. The summed E-state index contributed by atoms with van der Waals surface area (Å²) in [5, 5.41) is 12.0. The predicted octanol–water partition coefficient (Wildman–Crippen LogP) is 6.63. The molecule has 34 heavy (non-hydrogen) atoms.